The highest BCUT2D eigenvalue weighted by atomic mass is 32.2. The molecule has 0 aliphatic rings. The van der Waals surface area contributed by atoms with E-state index in [9.17, 15) is 29.4 Å². The molecule has 186 valence electrons. The molecule has 0 heterocycles. The summed E-state index contributed by atoms with van der Waals surface area (Å²) < 4.78 is 0. The fourth-order valence-electron chi connectivity index (χ4n) is 2.75. The van der Waals surface area contributed by atoms with E-state index in [0.29, 0.717) is 25.1 Å². The molecule has 5 unspecified atom stereocenters. The molecule has 3 amide bonds. The molecule has 9 N–H and O–H groups in total. The van der Waals surface area contributed by atoms with Crippen LogP contribution in [0.5, 0.6) is 0 Å². The van der Waals surface area contributed by atoms with Gasteiger partial charge in [-0.15, -0.1) is 0 Å². The molecule has 0 aliphatic carbocycles. The number of carboxylic acids is 1. The van der Waals surface area contributed by atoms with E-state index in [0.717, 1.165) is 0 Å². The van der Waals surface area contributed by atoms with Crippen LogP contribution in [0.3, 0.4) is 0 Å². The van der Waals surface area contributed by atoms with Crippen LogP contribution < -0.4 is 27.4 Å². The molecule has 5 atom stereocenters. The van der Waals surface area contributed by atoms with Crippen molar-refractivity contribution >= 4 is 35.5 Å². The summed E-state index contributed by atoms with van der Waals surface area (Å²) >= 11 is 1.45. The van der Waals surface area contributed by atoms with Gasteiger partial charge in [0.15, 0.2) is 0 Å². The first-order valence-corrected chi connectivity index (χ1v) is 12.1. The Morgan fingerprint density at radius 1 is 0.906 bits per heavy atom. The number of nitrogens with one attached hydrogen (secondary N) is 3. The molecule has 12 heteroatoms. The van der Waals surface area contributed by atoms with Crippen LogP contribution in [-0.2, 0) is 19.2 Å². The molecule has 0 aromatic heterocycles. The van der Waals surface area contributed by atoms with Crippen molar-refractivity contribution < 1.29 is 29.4 Å². The molecule has 0 bridgehead atoms. The average molecular weight is 478 g/mol. The van der Waals surface area contributed by atoms with Gasteiger partial charge < -0.3 is 37.6 Å². The van der Waals surface area contributed by atoms with Crippen LogP contribution in [0.2, 0.25) is 0 Å². The molecule has 0 aromatic carbocycles. The van der Waals surface area contributed by atoms with E-state index in [2.05, 4.69) is 16.0 Å². The summed E-state index contributed by atoms with van der Waals surface area (Å²) in [5.74, 6) is -2.85. The van der Waals surface area contributed by atoms with Gasteiger partial charge >= 0.3 is 5.97 Å². The highest BCUT2D eigenvalue weighted by molar-refractivity contribution is 7.98. The summed E-state index contributed by atoms with van der Waals surface area (Å²) in [6.07, 6.45) is 2.18. The number of hydrogen-bond acceptors (Lipinski definition) is 8. The second-order valence-electron chi connectivity index (χ2n) is 8.02. The number of aliphatic carboxylic acids is 1. The fraction of sp³-hybridized carbons (Fsp3) is 0.800. The van der Waals surface area contributed by atoms with Crippen molar-refractivity contribution in [3.63, 3.8) is 0 Å². The Bertz CT molecular complexity index is 619. The molecule has 0 rings (SSSR count). The highest BCUT2D eigenvalue weighted by Crippen LogP contribution is 2.07. The van der Waals surface area contributed by atoms with Crippen LogP contribution in [0.15, 0.2) is 0 Å². The van der Waals surface area contributed by atoms with Crippen molar-refractivity contribution in [3.05, 3.63) is 0 Å². The lowest BCUT2D eigenvalue weighted by atomic mass is 10.0. The third kappa shape index (κ3) is 11.1. The van der Waals surface area contributed by atoms with Gasteiger partial charge in [0, 0.05) is 0 Å². The second-order valence-corrected chi connectivity index (χ2v) is 9.01. The third-order valence-electron chi connectivity index (χ3n) is 4.89. The quantitative estimate of drug-likeness (QED) is 0.133. The van der Waals surface area contributed by atoms with Crippen LogP contribution in [0.1, 0.15) is 46.5 Å². The zero-order chi connectivity index (χ0) is 24.8. The van der Waals surface area contributed by atoms with Crippen molar-refractivity contribution in [2.75, 3.05) is 18.6 Å². The van der Waals surface area contributed by atoms with Crippen molar-refractivity contribution in [2.45, 2.75) is 76.7 Å². The van der Waals surface area contributed by atoms with Crippen LogP contribution >= 0.6 is 11.8 Å². The maximum absolute atomic E-state index is 12.8. The lowest BCUT2D eigenvalue weighted by Crippen LogP contribution is -2.60. The SMILES string of the molecule is CSCCC(NC(=O)C(NC(=O)C(N)C(C)C)C(C)O)C(=O)NC(CCCCN)C(=O)O. The smallest absolute Gasteiger partial charge is 0.326 e. The van der Waals surface area contributed by atoms with E-state index in [1.54, 1.807) is 13.8 Å². The van der Waals surface area contributed by atoms with Crippen LogP contribution in [0.4, 0.5) is 0 Å². The Kier molecular flexibility index (Phi) is 14.9. The number of thioether (sulfide) groups is 1. The normalized spacial score (nSPS) is 15.9. The van der Waals surface area contributed by atoms with E-state index in [1.807, 2.05) is 6.26 Å². The minimum atomic E-state index is -1.32. The summed E-state index contributed by atoms with van der Waals surface area (Å²) in [5, 5.41) is 26.8. The van der Waals surface area contributed by atoms with E-state index in [1.165, 1.54) is 18.7 Å². The lowest BCUT2D eigenvalue weighted by Gasteiger charge is -2.27. The first-order valence-electron chi connectivity index (χ1n) is 10.7. The number of unbranched alkanes of at least 4 members (excludes halogenated alkanes) is 1. The summed E-state index contributed by atoms with van der Waals surface area (Å²) in [7, 11) is 0. The minimum absolute atomic E-state index is 0.181. The number of carbonyl (C=O) groups excluding carboxylic acids is 3. The van der Waals surface area contributed by atoms with Gasteiger partial charge in [0.05, 0.1) is 12.1 Å². The second kappa shape index (κ2) is 15.8. The molecule has 32 heavy (non-hydrogen) atoms. The molecule has 11 nitrogen and oxygen atoms in total. The number of aliphatic hydroxyl groups excluding tert-OH is 1. The number of carboxylic acid groups (broad SMARTS) is 1. The van der Waals surface area contributed by atoms with E-state index in [4.69, 9.17) is 11.5 Å². The molecule has 0 saturated carbocycles. The zero-order valence-electron chi connectivity index (χ0n) is 19.3. The summed E-state index contributed by atoms with van der Waals surface area (Å²) in [5.41, 5.74) is 11.2. The van der Waals surface area contributed by atoms with Gasteiger partial charge in [-0.2, -0.15) is 11.8 Å². The number of rotatable bonds is 16. The van der Waals surface area contributed by atoms with Gasteiger partial charge in [-0.3, -0.25) is 14.4 Å². The first kappa shape index (κ1) is 30.1. The van der Waals surface area contributed by atoms with Crippen molar-refractivity contribution in [1.29, 1.82) is 0 Å². The van der Waals surface area contributed by atoms with Crippen molar-refractivity contribution in [2.24, 2.45) is 17.4 Å². The monoisotopic (exact) mass is 477 g/mol. The minimum Gasteiger partial charge on any atom is -0.480 e. The lowest BCUT2D eigenvalue weighted by molar-refractivity contribution is -0.142. The third-order valence-corrected chi connectivity index (χ3v) is 5.53. The Hall–Kier alpha value is -1.89. The maximum Gasteiger partial charge on any atom is 0.326 e. The van der Waals surface area contributed by atoms with Crippen LogP contribution in [-0.4, -0.2) is 82.7 Å². The number of nitrogens with two attached hydrogens (primary N) is 2. The van der Waals surface area contributed by atoms with Gasteiger partial charge in [-0.05, 0) is 57.1 Å². The Morgan fingerprint density at radius 3 is 1.97 bits per heavy atom. The Balaban J connectivity index is 5.34. The average Bonchev–Trinajstić information content (AvgIpc) is 2.72. The molecule has 0 spiro atoms. The maximum atomic E-state index is 12.8. The largest absolute Gasteiger partial charge is 0.480 e. The summed E-state index contributed by atoms with van der Waals surface area (Å²) in [6.45, 7) is 5.24. The summed E-state index contributed by atoms with van der Waals surface area (Å²) in [4.78, 5) is 49.3. The van der Waals surface area contributed by atoms with Gasteiger partial charge in [0.1, 0.15) is 18.1 Å². The molecule has 0 saturated heterocycles. The standard InChI is InChI=1S/C20H39N5O6S/c1-11(2)15(22)18(28)25-16(12(3)26)19(29)23-13(8-10-32-4)17(27)24-14(20(30)31)7-5-6-9-21/h11-16,26H,5-10,21-22H2,1-4H3,(H,23,29)(H,24,27)(H,25,28)(H,30,31). The van der Waals surface area contributed by atoms with Crippen LogP contribution in [0, 0.1) is 5.92 Å². The molecule has 0 aliphatic heterocycles. The molecular weight excluding hydrogens is 438 g/mol. The zero-order valence-corrected chi connectivity index (χ0v) is 20.1. The Labute approximate surface area is 193 Å². The number of carbonyl (C=O) groups is 4. The first-order chi connectivity index (χ1) is 15.0. The van der Waals surface area contributed by atoms with Gasteiger partial charge in [-0.1, -0.05) is 13.8 Å². The van der Waals surface area contributed by atoms with E-state index >= 15 is 0 Å². The fourth-order valence-corrected chi connectivity index (χ4v) is 3.22. The number of aliphatic hydroxyl groups is 1. The summed E-state index contributed by atoms with van der Waals surface area (Å²) in [6, 6.07) is -4.34. The van der Waals surface area contributed by atoms with E-state index < -0.39 is 54.0 Å². The highest BCUT2D eigenvalue weighted by Gasteiger charge is 2.32. The van der Waals surface area contributed by atoms with Crippen molar-refractivity contribution in [3.8, 4) is 0 Å². The van der Waals surface area contributed by atoms with E-state index in [-0.39, 0.29) is 18.8 Å². The molecule has 0 aromatic rings. The van der Waals surface area contributed by atoms with Gasteiger partial charge in [-0.25, -0.2) is 4.79 Å². The number of hydrogen-bond donors (Lipinski definition) is 7. The Morgan fingerprint density at radius 2 is 1.50 bits per heavy atom. The van der Waals surface area contributed by atoms with Crippen LogP contribution in [0.25, 0.3) is 0 Å². The van der Waals surface area contributed by atoms with Gasteiger partial charge in [0.2, 0.25) is 17.7 Å². The topological polar surface area (TPSA) is 197 Å². The molecule has 0 radical (unpaired) electrons. The predicted octanol–water partition coefficient (Wildman–Crippen LogP) is -1.23. The van der Waals surface area contributed by atoms with Gasteiger partial charge in [0.25, 0.3) is 0 Å². The van der Waals surface area contributed by atoms with Crippen molar-refractivity contribution in [1.82, 2.24) is 16.0 Å². The number of amides is 3. The predicted molar refractivity (Wildman–Crippen MR) is 124 cm³/mol. The molecule has 0 fully saturated rings. The molecular formula is C20H39N5O6S.